The number of ketones is 1. The van der Waals surface area contributed by atoms with E-state index < -0.39 is 0 Å². The lowest BCUT2D eigenvalue weighted by atomic mass is 9.57. The molecule has 1 atom stereocenters. The molecule has 0 saturated heterocycles. The Morgan fingerprint density at radius 2 is 1.47 bits per heavy atom. The predicted octanol–water partition coefficient (Wildman–Crippen LogP) is 13.3. The van der Waals surface area contributed by atoms with E-state index in [9.17, 15) is 4.79 Å². The van der Waals surface area contributed by atoms with Crippen LogP contribution in [0.1, 0.15) is 124 Å². The fraction of sp³-hybridized carbons (Fsp3) is 0.327. The Labute approximate surface area is 321 Å². The third-order valence-electron chi connectivity index (χ3n) is 11.9. The Morgan fingerprint density at radius 3 is 2.11 bits per heavy atom. The standard InChI is InChI=1S/C49H51ClO3/c1-7-28-47(4,5)43-26-20-35(30-36(43)32-50)45-42-15-12-29-49(45)31-39(25-27-44(49)41-14-11-10-13-40(41)42)52-37-21-16-33(17-22-37)46(51)34-18-23-38(24-19-34)53-48(6,8-2)9-3/h10-14,16-27,29-30H,7-9,15,28,31-32H2,1-6H3. The molecule has 3 nitrogen and oxygen atoms in total. The van der Waals surface area contributed by atoms with Crippen LogP contribution in [0.3, 0.4) is 0 Å². The van der Waals surface area contributed by atoms with Crippen molar-refractivity contribution in [2.24, 2.45) is 5.41 Å². The molecule has 53 heavy (non-hydrogen) atoms. The quantitative estimate of drug-likeness (QED) is 0.0783. The van der Waals surface area contributed by atoms with E-state index in [1.54, 1.807) is 0 Å². The number of alkyl halides is 1. The highest BCUT2D eigenvalue weighted by Crippen LogP contribution is 2.62. The van der Waals surface area contributed by atoms with E-state index in [1.807, 2.05) is 48.5 Å². The summed E-state index contributed by atoms with van der Waals surface area (Å²) in [5.41, 5.74) is 11.1. The molecule has 0 amide bonds. The van der Waals surface area contributed by atoms with E-state index >= 15 is 0 Å². The third-order valence-corrected chi connectivity index (χ3v) is 12.2. The van der Waals surface area contributed by atoms with Gasteiger partial charge in [-0.15, -0.1) is 11.6 Å². The normalized spacial score (nSPS) is 17.8. The van der Waals surface area contributed by atoms with Crippen LogP contribution in [-0.4, -0.2) is 11.4 Å². The summed E-state index contributed by atoms with van der Waals surface area (Å²) in [4.78, 5) is 13.4. The summed E-state index contributed by atoms with van der Waals surface area (Å²) < 4.78 is 12.9. The molecule has 3 aliphatic carbocycles. The molecular formula is C49H51ClO3. The molecule has 0 aromatic heterocycles. The van der Waals surface area contributed by atoms with Gasteiger partial charge in [0, 0.05) is 28.8 Å². The first kappa shape index (κ1) is 36.7. The summed E-state index contributed by atoms with van der Waals surface area (Å²) in [6.45, 7) is 13.3. The summed E-state index contributed by atoms with van der Waals surface area (Å²) in [6, 6.07) is 30.8. The van der Waals surface area contributed by atoms with Gasteiger partial charge in [-0.2, -0.15) is 0 Å². The fourth-order valence-corrected chi connectivity index (χ4v) is 8.86. The smallest absolute Gasteiger partial charge is 0.193 e. The summed E-state index contributed by atoms with van der Waals surface area (Å²) in [5.74, 6) is 2.81. The van der Waals surface area contributed by atoms with Crippen LogP contribution < -0.4 is 9.47 Å². The van der Waals surface area contributed by atoms with Crippen LogP contribution >= 0.6 is 11.6 Å². The zero-order valence-electron chi connectivity index (χ0n) is 32.0. The van der Waals surface area contributed by atoms with Crippen LogP contribution in [0.2, 0.25) is 0 Å². The number of carbonyl (C=O) groups excluding carboxylic acids is 1. The van der Waals surface area contributed by atoms with Gasteiger partial charge in [-0.05, 0) is 143 Å². The van der Waals surface area contributed by atoms with Crippen molar-refractivity contribution in [1.82, 2.24) is 0 Å². The van der Waals surface area contributed by atoms with E-state index in [0.717, 1.165) is 43.6 Å². The zero-order valence-corrected chi connectivity index (χ0v) is 32.8. The number of halogens is 1. The van der Waals surface area contributed by atoms with Crippen molar-refractivity contribution in [3.8, 4) is 11.5 Å². The Morgan fingerprint density at radius 1 is 0.811 bits per heavy atom. The number of allylic oxidation sites excluding steroid dienone is 8. The van der Waals surface area contributed by atoms with Gasteiger partial charge in [-0.1, -0.05) is 95.7 Å². The molecule has 0 N–H and O–H groups in total. The van der Waals surface area contributed by atoms with Crippen molar-refractivity contribution in [2.75, 3.05) is 0 Å². The Hall–Kier alpha value is -4.60. The first-order chi connectivity index (χ1) is 25.5. The van der Waals surface area contributed by atoms with Crippen molar-refractivity contribution in [1.29, 1.82) is 0 Å². The van der Waals surface area contributed by atoms with Gasteiger partial charge in [-0.25, -0.2) is 0 Å². The van der Waals surface area contributed by atoms with Crippen LogP contribution in [0.15, 0.2) is 121 Å². The lowest BCUT2D eigenvalue weighted by molar-refractivity contribution is 0.0803. The summed E-state index contributed by atoms with van der Waals surface area (Å²) in [6.07, 6.45) is 14.7. The largest absolute Gasteiger partial charge is 0.488 e. The molecule has 0 heterocycles. The maximum Gasteiger partial charge on any atom is 0.193 e. The molecule has 1 spiro atoms. The van der Waals surface area contributed by atoms with E-state index in [0.29, 0.717) is 29.2 Å². The Balaban J connectivity index is 1.17. The van der Waals surface area contributed by atoms with E-state index in [1.165, 1.54) is 44.5 Å². The molecular weight excluding hydrogens is 672 g/mol. The van der Waals surface area contributed by atoms with Crippen LogP contribution in [-0.2, 0) is 11.3 Å². The number of benzene rings is 4. The molecule has 4 aromatic rings. The van der Waals surface area contributed by atoms with Gasteiger partial charge in [0.15, 0.2) is 5.78 Å². The lowest BCUT2D eigenvalue weighted by Crippen LogP contribution is -2.32. The number of ether oxygens (including phenoxy) is 2. The Bertz CT molecular complexity index is 2140. The van der Waals surface area contributed by atoms with Gasteiger partial charge < -0.3 is 9.47 Å². The summed E-state index contributed by atoms with van der Waals surface area (Å²) >= 11 is 6.71. The molecule has 4 heteroatoms. The minimum atomic E-state index is -0.381. The topological polar surface area (TPSA) is 35.5 Å². The van der Waals surface area contributed by atoms with Gasteiger partial charge in [0.25, 0.3) is 0 Å². The highest BCUT2D eigenvalue weighted by Gasteiger charge is 2.47. The number of hydrogen-bond acceptors (Lipinski definition) is 3. The van der Waals surface area contributed by atoms with Gasteiger partial charge in [0.05, 0.1) is 0 Å². The van der Waals surface area contributed by atoms with E-state index in [2.05, 4.69) is 108 Å². The van der Waals surface area contributed by atoms with Crippen molar-refractivity contribution in [3.05, 3.63) is 160 Å². The zero-order chi connectivity index (χ0) is 37.4. The fourth-order valence-electron chi connectivity index (χ4n) is 8.64. The van der Waals surface area contributed by atoms with Gasteiger partial charge in [0.2, 0.25) is 0 Å². The van der Waals surface area contributed by atoms with Gasteiger partial charge in [-0.3, -0.25) is 4.79 Å². The number of rotatable bonds is 13. The first-order valence-electron chi connectivity index (χ1n) is 19.3. The first-order valence-corrected chi connectivity index (χ1v) is 19.8. The molecule has 0 radical (unpaired) electrons. The minimum absolute atomic E-state index is 0.0314. The average molecular weight is 723 g/mol. The number of hydrogen-bond donors (Lipinski definition) is 0. The SMILES string of the molecule is CCCC(C)(C)c1ccc(C2=C3CC=CC24CC(Oc2ccc(C(=O)c5ccc(OC(C)(CC)CC)cc5)cc2)=CC=C4c2ccccc23)cc1CCl. The van der Waals surface area contributed by atoms with Crippen molar-refractivity contribution >= 4 is 34.1 Å². The second kappa shape index (κ2) is 14.7. The molecule has 1 unspecified atom stereocenters. The van der Waals surface area contributed by atoms with Crippen molar-refractivity contribution < 1.29 is 14.3 Å². The molecule has 3 aliphatic rings. The van der Waals surface area contributed by atoms with E-state index in [-0.39, 0.29) is 22.2 Å². The molecule has 0 aliphatic heterocycles. The third kappa shape index (κ3) is 6.85. The van der Waals surface area contributed by atoms with Crippen molar-refractivity contribution in [2.45, 2.75) is 97.0 Å². The van der Waals surface area contributed by atoms with Crippen molar-refractivity contribution in [3.63, 3.8) is 0 Å². The number of carbonyl (C=O) groups is 1. The van der Waals surface area contributed by atoms with Gasteiger partial charge >= 0.3 is 0 Å². The molecule has 7 rings (SSSR count). The van der Waals surface area contributed by atoms with Crippen LogP contribution in [0.5, 0.6) is 11.5 Å². The van der Waals surface area contributed by atoms with Crippen LogP contribution in [0, 0.1) is 5.41 Å². The second-order valence-corrected chi connectivity index (χ2v) is 16.0. The van der Waals surface area contributed by atoms with Crippen LogP contribution in [0.4, 0.5) is 0 Å². The molecule has 0 fully saturated rings. The highest BCUT2D eigenvalue weighted by molar-refractivity contribution is 6.17. The summed E-state index contributed by atoms with van der Waals surface area (Å²) in [7, 11) is 0. The molecule has 2 bridgehead atoms. The Kier molecular flexibility index (Phi) is 10.2. The van der Waals surface area contributed by atoms with E-state index in [4.69, 9.17) is 21.1 Å². The maximum absolute atomic E-state index is 13.4. The minimum Gasteiger partial charge on any atom is -0.488 e. The molecule has 4 aromatic carbocycles. The highest BCUT2D eigenvalue weighted by atomic mass is 35.5. The predicted molar refractivity (Wildman–Crippen MR) is 221 cm³/mol. The number of fused-ring (bicyclic) bond motifs is 3. The second-order valence-electron chi connectivity index (χ2n) is 15.7. The molecule has 0 saturated carbocycles. The summed E-state index contributed by atoms with van der Waals surface area (Å²) in [5, 5.41) is 0. The maximum atomic E-state index is 13.4. The lowest BCUT2D eigenvalue weighted by Gasteiger charge is -2.46. The monoisotopic (exact) mass is 722 g/mol. The average Bonchev–Trinajstić information content (AvgIpc) is 3.17. The molecule has 272 valence electrons. The van der Waals surface area contributed by atoms with Gasteiger partial charge in [0.1, 0.15) is 22.9 Å². The van der Waals surface area contributed by atoms with Crippen LogP contribution in [0.25, 0.3) is 16.7 Å².